The first-order valence-corrected chi connectivity index (χ1v) is 8.70. The fourth-order valence-corrected chi connectivity index (χ4v) is 3.81. The second kappa shape index (κ2) is 7.49. The summed E-state index contributed by atoms with van der Waals surface area (Å²) in [5, 5.41) is 2.88. The summed E-state index contributed by atoms with van der Waals surface area (Å²) >= 11 is 1.58. The van der Waals surface area contributed by atoms with E-state index in [-0.39, 0.29) is 12.5 Å². The van der Waals surface area contributed by atoms with Gasteiger partial charge in [-0.25, -0.2) is 4.79 Å². The number of hydrogen-bond acceptors (Lipinski definition) is 5. The smallest absolute Gasteiger partial charge is 0.343 e. The number of amides is 1. The van der Waals surface area contributed by atoms with E-state index < -0.39 is 5.97 Å². The largest absolute Gasteiger partial charge is 0.482 e. The van der Waals surface area contributed by atoms with Crippen molar-refractivity contribution in [1.82, 2.24) is 0 Å². The Morgan fingerprint density at radius 2 is 2.04 bits per heavy atom. The Hall–Kier alpha value is -2.34. The average Bonchev–Trinajstić information content (AvgIpc) is 3.04. The number of fused-ring (bicyclic) bond motifs is 1. The summed E-state index contributed by atoms with van der Waals surface area (Å²) in [5.41, 5.74) is 1.94. The van der Waals surface area contributed by atoms with Crippen molar-refractivity contribution in [2.45, 2.75) is 25.7 Å². The second-order valence-electron chi connectivity index (χ2n) is 5.61. The highest BCUT2D eigenvalue weighted by Crippen LogP contribution is 2.30. The van der Waals surface area contributed by atoms with Gasteiger partial charge < -0.3 is 14.8 Å². The first-order chi connectivity index (χ1) is 11.7. The molecule has 24 heavy (non-hydrogen) atoms. The molecule has 0 fully saturated rings. The Labute approximate surface area is 144 Å². The van der Waals surface area contributed by atoms with Crippen molar-refractivity contribution in [3.63, 3.8) is 0 Å². The zero-order valence-corrected chi connectivity index (χ0v) is 14.3. The molecule has 0 aliphatic heterocycles. The minimum Gasteiger partial charge on any atom is -0.482 e. The summed E-state index contributed by atoms with van der Waals surface area (Å²) in [6.45, 7) is -0.161. The highest BCUT2D eigenvalue weighted by molar-refractivity contribution is 7.14. The quantitative estimate of drug-likeness (QED) is 0.843. The third kappa shape index (κ3) is 3.94. The molecule has 0 spiro atoms. The number of methoxy groups -OCH3 is 1. The summed E-state index contributed by atoms with van der Waals surface area (Å²) in [7, 11) is 1.31. The zero-order chi connectivity index (χ0) is 16.9. The summed E-state index contributed by atoms with van der Waals surface area (Å²) < 4.78 is 9.86. The van der Waals surface area contributed by atoms with Crippen LogP contribution in [0.15, 0.2) is 30.3 Å². The van der Waals surface area contributed by atoms with Crippen molar-refractivity contribution in [2.75, 3.05) is 19.0 Å². The first-order valence-electron chi connectivity index (χ1n) is 7.88. The number of aryl methyl sites for hydroxylation is 2. The van der Waals surface area contributed by atoms with Gasteiger partial charge in [0, 0.05) is 16.6 Å². The van der Waals surface area contributed by atoms with E-state index in [0.717, 1.165) is 17.7 Å². The van der Waals surface area contributed by atoms with E-state index in [4.69, 9.17) is 4.74 Å². The van der Waals surface area contributed by atoms with Gasteiger partial charge in [-0.1, -0.05) is 6.07 Å². The molecule has 126 valence electrons. The zero-order valence-electron chi connectivity index (χ0n) is 13.5. The van der Waals surface area contributed by atoms with Gasteiger partial charge in [-0.2, -0.15) is 0 Å². The maximum absolute atomic E-state index is 12.4. The van der Waals surface area contributed by atoms with E-state index in [1.54, 1.807) is 35.6 Å². The second-order valence-corrected chi connectivity index (χ2v) is 6.75. The van der Waals surface area contributed by atoms with E-state index in [9.17, 15) is 9.59 Å². The van der Waals surface area contributed by atoms with Gasteiger partial charge in [-0.05, 0) is 49.4 Å². The number of ether oxygens (including phenoxy) is 2. The minimum absolute atomic E-state index is 0.112. The van der Waals surface area contributed by atoms with Crippen molar-refractivity contribution in [3.05, 3.63) is 45.6 Å². The highest BCUT2D eigenvalue weighted by atomic mass is 32.1. The number of carbonyl (C=O) groups excluding carboxylic acids is 2. The Balaban J connectivity index is 1.65. The Morgan fingerprint density at radius 1 is 1.21 bits per heavy atom. The molecule has 2 aromatic rings. The van der Waals surface area contributed by atoms with Crippen LogP contribution in [0.5, 0.6) is 5.75 Å². The SMILES string of the molecule is COC(=O)COc1cccc(NC(=O)c2cc3c(s2)CCCC3)c1. The van der Waals surface area contributed by atoms with Gasteiger partial charge in [-0.3, -0.25) is 4.79 Å². The molecule has 0 radical (unpaired) electrons. The number of thiophene rings is 1. The Kier molecular flexibility index (Phi) is 5.15. The lowest BCUT2D eigenvalue weighted by Crippen LogP contribution is -2.13. The molecule has 1 aromatic carbocycles. The van der Waals surface area contributed by atoms with E-state index in [1.807, 2.05) is 6.07 Å². The number of carbonyl (C=O) groups is 2. The van der Waals surface area contributed by atoms with Crippen molar-refractivity contribution >= 4 is 28.9 Å². The number of rotatable bonds is 5. The number of hydrogen-bond donors (Lipinski definition) is 1. The molecule has 0 saturated heterocycles. The van der Waals surface area contributed by atoms with Crippen molar-refractivity contribution < 1.29 is 19.1 Å². The Bertz CT molecular complexity index is 730. The highest BCUT2D eigenvalue weighted by Gasteiger charge is 2.17. The molecule has 1 aliphatic carbocycles. The van der Waals surface area contributed by atoms with E-state index >= 15 is 0 Å². The van der Waals surface area contributed by atoms with E-state index in [0.29, 0.717) is 11.4 Å². The fourth-order valence-electron chi connectivity index (χ4n) is 2.66. The van der Waals surface area contributed by atoms with Crippen molar-refractivity contribution in [1.29, 1.82) is 0 Å². The van der Waals surface area contributed by atoms with E-state index in [1.165, 1.54) is 30.4 Å². The third-order valence-electron chi connectivity index (χ3n) is 3.90. The van der Waals surface area contributed by atoms with Crippen molar-refractivity contribution in [3.8, 4) is 5.75 Å². The van der Waals surface area contributed by atoms with Crippen molar-refractivity contribution in [2.24, 2.45) is 0 Å². The van der Waals surface area contributed by atoms with Gasteiger partial charge in [-0.15, -0.1) is 11.3 Å². The predicted octanol–water partition coefficient (Wildman–Crippen LogP) is 3.43. The standard InChI is InChI=1S/C18H19NO4S/c1-22-17(20)11-23-14-7-4-6-13(10-14)19-18(21)16-9-12-5-2-3-8-15(12)24-16/h4,6-7,9-10H,2-3,5,8,11H2,1H3,(H,19,21). The summed E-state index contributed by atoms with van der Waals surface area (Å²) in [5.74, 6) is -0.0585. The van der Waals surface area contributed by atoms with Crippen LogP contribution in [-0.4, -0.2) is 25.6 Å². The first kappa shape index (κ1) is 16.5. The molecule has 0 atom stereocenters. The van der Waals surface area contributed by atoms with Crippen LogP contribution < -0.4 is 10.1 Å². The number of benzene rings is 1. The lowest BCUT2D eigenvalue weighted by molar-refractivity contribution is -0.142. The van der Waals surface area contributed by atoms with E-state index in [2.05, 4.69) is 10.1 Å². The Morgan fingerprint density at radius 3 is 2.83 bits per heavy atom. The van der Waals surface area contributed by atoms with Crippen LogP contribution in [0.1, 0.15) is 33.0 Å². The average molecular weight is 345 g/mol. The molecule has 0 saturated carbocycles. The monoisotopic (exact) mass is 345 g/mol. The molecular weight excluding hydrogens is 326 g/mol. The van der Waals surface area contributed by atoms with Gasteiger partial charge in [0.05, 0.1) is 12.0 Å². The van der Waals surface area contributed by atoms with Crippen LogP contribution in [0.4, 0.5) is 5.69 Å². The van der Waals surface area contributed by atoms with Gasteiger partial charge in [0.15, 0.2) is 6.61 Å². The molecule has 0 unspecified atom stereocenters. The van der Waals surface area contributed by atoms with Crippen LogP contribution in [0.25, 0.3) is 0 Å². The summed E-state index contributed by atoms with van der Waals surface area (Å²) in [4.78, 5) is 25.6. The normalized spacial score (nSPS) is 13.0. The molecule has 0 bridgehead atoms. The molecule has 1 aromatic heterocycles. The molecular formula is C18H19NO4S. The molecule has 5 nitrogen and oxygen atoms in total. The third-order valence-corrected chi connectivity index (χ3v) is 5.13. The molecule has 1 N–H and O–H groups in total. The van der Waals surface area contributed by atoms with Crippen LogP contribution in [0, 0.1) is 0 Å². The minimum atomic E-state index is -0.450. The molecule has 1 aliphatic rings. The van der Waals surface area contributed by atoms with Gasteiger partial charge in [0.1, 0.15) is 5.75 Å². The van der Waals surface area contributed by atoms with Crippen LogP contribution >= 0.6 is 11.3 Å². The van der Waals surface area contributed by atoms with Gasteiger partial charge in [0.25, 0.3) is 5.91 Å². The maximum Gasteiger partial charge on any atom is 0.343 e. The summed E-state index contributed by atoms with van der Waals surface area (Å²) in [6.07, 6.45) is 4.54. The number of nitrogens with one attached hydrogen (secondary N) is 1. The molecule has 1 amide bonds. The molecule has 3 rings (SSSR count). The lowest BCUT2D eigenvalue weighted by atomic mass is 9.99. The fraction of sp³-hybridized carbons (Fsp3) is 0.333. The topological polar surface area (TPSA) is 64.6 Å². The lowest BCUT2D eigenvalue weighted by Gasteiger charge is -2.08. The van der Waals surface area contributed by atoms with Crippen LogP contribution in [0.3, 0.4) is 0 Å². The number of esters is 1. The van der Waals surface area contributed by atoms with Gasteiger partial charge in [0.2, 0.25) is 0 Å². The van der Waals surface area contributed by atoms with Crippen LogP contribution in [-0.2, 0) is 22.4 Å². The van der Waals surface area contributed by atoms with Gasteiger partial charge >= 0.3 is 5.97 Å². The predicted molar refractivity (Wildman–Crippen MR) is 92.9 cm³/mol. The number of anilines is 1. The maximum atomic E-state index is 12.4. The molecule has 1 heterocycles. The molecule has 6 heteroatoms. The summed E-state index contributed by atoms with van der Waals surface area (Å²) in [6, 6.07) is 8.97. The van der Waals surface area contributed by atoms with Crippen LogP contribution in [0.2, 0.25) is 0 Å².